The van der Waals surface area contributed by atoms with Gasteiger partial charge in [0.05, 0.1) is 6.20 Å². The van der Waals surface area contributed by atoms with E-state index in [1.54, 1.807) is 0 Å². The number of aromatic nitrogens is 2. The Morgan fingerprint density at radius 1 is 1.35 bits per heavy atom. The van der Waals surface area contributed by atoms with Crippen LogP contribution in [0.4, 0.5) is 0 Å². The van der Waals surface area contributed by atoms with E-state index in [0.717, 1.165) is 19.5 Å². The number of rotatable bonds is 5. The van der Waals surface area contributed by atoms with E-state index in [1.807, 2.05) is 0 Å². The molecule has 96 valence electrons. The van der Waals surface area contributed by atoms with Crippen LogP contribution in [0.1, 0.15) is 57.4 Å². The molecule has 2 atom stereocenters. The van der Waals surface area contributed by atoms with E-state index in [4.69, 9.17) is 0 Å². The zero-order chi connectivity index (χ0) is 12.1. The third-order valence-corrected chi connectivity index (χ3v) is 3.77. The number of nitrogens with zero attached hydrogens (tertiary/aromatic N) is 2. The summed E-state index contributed by atoms with van der Waals surface area (Å²) in [6.07, 6.45) is 10.9. The van der Waals surface area contributed by atoms with E-state index in [1.165, 1.54) is 31.2 Å². The van der Waals surface area contributed by atoms with Crippen molar-refractivity contribution in [3.63, 3.8) is 0 Å². The number of hydrogen-bond donors (Lipinski definition) is 1. The second-order valence-corrected chi connectivity index (χ2v) is 5.09. The Morgan fingerprint density at radius 2 is 2.18 bits per heavy atom. The van der Waals surface area contributed by atoms with Crippen LogP contribution in [0.5, 0.6) is 0 Å². The van der Waals surface area contributed by atoms with Crippen LogP contribution >= 0.6 is 0 Å². The van der Waals surface area contributed by atoms with Crippen LogP contribution in [0, 0.1) is 0 Å². The van der Waals surface area contributed by atoms with E-state index in [0.29, 0.717) is 12.0 Å². The molecule has 1 N–H and O–H groups in total. The third kappa shape index (κ3) is 3.09. The first-order valence-corrected chi connectivity index (χ1v) is 7.10. The molecule has 0 spiro atoms. The van der Waals surface area contributed by atoms with Crippen molar-refractivity contribution in [1.82, 2.24) is 15.1 Å². The average Bonchev–Trinajstić information content (AvgIpc) is 2.79. The molecule has 1 saturated carbocycles. The first-order valence-electron chi connectivity index (χ1n) is 7.10. The molecule has 0 radical (unpaired) electrons. The van der Waals surface area contributed by atoms with Gasteiger partial charge in [-0.2, -0.15) is 5.10 Å². The number of likely N-dealkylation sites (N-methyl/N-ethyl adjacent to an activating group) is 1. The van der Waals surface area contributed by atoms with E-state index in [2.05, 4.69) is 41.3 Å². The van der Waals surface area contributed by atoms with Gasteiger partial charge in [-0.3, -0.25) is 4.68 Å². The molecule has 17 heavy (non-hydrogen) atoms. The summed E-state index contributed by atoms with van der Waals surface area (Å²) in [5, 5.41) is 8.10. The van der Waals surface area contributed by atoms with Crippen molar-refractivity contribution in [3.05, 3.63) is 18.0 Å². The van der Waals surface area contributed by atoms with Gasteiger partial charge in [-0.15, -0.1) is 0 Å². The van der Waals surface area contributed by atoms with Crippen molar-refractivity contribution in [2.75, 3.05) is 6.54 Å². The maximum atomic E-state index is 4.46. The molecule has 1 heterocycles. The van der Waals surface area contributed by atoms with Gasteiger partial charge in [-0.05, 0) is 31.4 Å². The highest BCUT2D eigenvalue weighted by molar-refractivity contribution is 5.15. The van der Waals surface area contributed by atoms with Crippen molar-refractivity contribution in [2.45, 2.75) is 64.5 Å². The predicted octanol–water partition coefficient (Wildman–Crippen LogP) is 2.93. The molecule has 1 fully saturated rings. The second-order valence-electron chi connectivity index (χ2n) is 5.09. The summed E-state index contributed by atoms with van der Waals surface area (Å²) >= 11 is 0. The van der Waals surface area contributed by atoms with Crippen LogP contribution in [0.3, 0.4) is 0 Å². The minimum atomic E-state index is 0.660. The zero-order valence-corrected chi connectivity index (χ0v) is 11.2. The van der Waals surface area contributed by atoms with Crippen molar-refractivity contribution >= 4 is 0 Å². The van der Waals surface area contributed by atoms with Gasteiger partial charge in [-0.25, -0.2) is 0 Å². The molecule has 3 nitrogen and oxygen atoms in total. The Bertz CT molecular complexity index is 330. The van der Waals surface area contributed by atoms with Gasteiger partial charge in [-0.1, -0.05) is 26.7 Å². The average molecular weight is 235 g/mol. The van der Waals surface area contributed by atoms with Crippen LogP contribution in [-0.2, 0) is 6.54 Å². The molecule has 0 aromatic carbocycles. The maximum Gasteiger partial charge on any atom is 0.0525 e. The van der Waals surface area contributed by atoms with E-state index in [-0.39, 0.29) is 0 Å². The maximum absolute atomic E-state index is 4.46. The molecule has 0 saturated heterocycles. The van der Waals surface area contributed by atoms with E-state index < -0.39 is 0 Å². The fraction of sp³-hybridized carbons (Fsp3) is 0.786. The van der Waals surface area contributed by atoms with Crippen LogP contribution in [0.2, 0.25) is 0 Å². The van der Waals surface area contributed by atoms with Gasteiger partial charge in [0.1, 0.15) is 0 Å². The highest BCUT2D eigenvalue weighted by atomic mass is 15.3. The summed E-state index contributed by atoms with van der Waals surface area (Å²) in [5.74, 6) is 0.675. The quantitative estimate of drug-likeness (QED) is 0.850. The van der Waals surface area contributed by atoms with Crippen molar-refractivity contribution in [3.8, 4) is 0 Å². The molecule has 1 aromatic heterocycles. The minimum Gasteiger partial charge on any atom is -0.314 e. The molecule has 2 unspecified atom stereocenters. The molecule has 0 amide bonds. The lowest BCUT2D eigenvalue weighted by Crippen LogP contribution is -2.36. The molecule has 1 aliphatic carbocycles. The van der Waals surface area contributed by atoms with Crippen LogP contribution in [-0.4, -0.2) is 22.4 Å². The van der Waals surface area contributed by atoms with E-state index >= 15 is 0 Å². The molecule has 0 aliphatic heterocycles. The third-order valence-electron chi connectivity index (χ3n) is 3.77. The fourth-order valence-corrected chi connectivity index (χ4v) is 2.96. The normalized spacial score (nSPS) is 25.1. The van der Waals surface area contributed by atoms with Crippen LogP contribution in [0.25, 0.3) is 0 Å². The topological polar surface area (TPSA) is 29.9 Å². The molecular formula is C14H25N3. The number of nitrogens with one attached hydrogen (secondary N) is 1. The smallest absolute Gasteiger partial charge is 0.0525 e. The second kappa shape index (κ2) is 6.20. The molecule has 1 aromatic rings. The Balaban J connectivity index is 2.06. The first-order chi connectivity index (χ1) is 8.35. The first kappa shape index (κ1) is 12.6. The molecule has 2 rings (SSSR count). The SMILES string of the molecule is CCCn1cc(C2CCCCC2NCC)cn1. The summed E-state index contributed by atoms with van der Waals surface area (Å²) in [5.41, 5.74) is 1.43. The largest absolute Gasteiger partial charge is 0.314 e. The van der Waals surface area contributed by atoms with Gasteiger partial charge in [0.2, 0.25) is 0 Å². The summed E-state index contributed by atoms with van der Waals surface area (Å²) in [6, 6.07) is 0.660. The Morgan fingerprint density at radius 3 is 2.94 bits per heavy atom. The summed E-state index contributed by atoms with van der Waals surface area (Å²) in [7, 11) is 0. The lowest BCUT2D eigenvalue weighted by molar-refractivity contribution is 0.332. The van der Waals surface area contributed by atoms with Crippen LogP contribution in [0.15, 0.2) is 12.4 Å². The number of aryl methyl sites for hydroxylation is 1. The Labute approximate surface area is 105 Å². The predicted molar refractivity (Wildman–Crippen MR) is 71.2 cm³/mol. The fourth-order valence-electron chi connectivity index (χ4n) is 2.96. The van der Waals surface area contributed by atoms with Crippen LogP contribution < -0.4 is 5.32 Å². The van der Waals surface area contributed by atoms with Crippen molar-refractivity contribution < 1.29 is 0 Å². The summed E-state index contributed by atoms with van der Waals surface area (Å²) in [4.78, 5) is 0. The highest BCUT2D eigenvalue weighted by Gasteiger charge is 2.26. The standard InChI is InChI=1S/C14H25N3/c1-3-9-17-11-12(10-16-17)13-7-5-6-8-14(13)15-4-2/h10-11,13-15H,3-9H2,1-2H3. The van der Waals surface area contributed by atoms with Crippen molar-refractivity contribution in [2.24, 2.45) is 0 Å². The lowest BCUT2D eigenvalue weighted by atomic mass is 9.81. The van der Waals surface area contributed by atoms with Gasteiger partial charge >= 0.3 is 0 Å². The zero-order valence-electron chi connectivity index (χ0n) is 11.2. The van der Waals surface area contributed by atoms with Gasteiger partial charge in [0.25, 0.3) is 0 Å². The van der Waals surface area contributed by atoms with Gasteiger partial charge in [0.15, 0.2) is 0 Å². The van der Waals surface area contributed by atoms with Crippen molar-refractivity contribution in [1.29, 1.82) is 0 Å². The monoisotopic (exact) mass is 235 g/mol. The molecule has 3 heteroatoms. The number of hydrogen-bond acceptors (Lipinski definition) is 2. The molecule has 1 aliphatic rings. The molecule has 0 bridgehead atoms. The summed E-state index contributed by atoms with van der Waals surface area (Å²) < 4.78 is 2.09. The minimum absolute atomic E-state index is 0.660. The van der Waals surface area contributed by atoms with Gasteiger partial charge in [0, 0.05) is 24.7 Å². The van der Waals surface area contributed by atoms with Gasteiger partial charge < -0.3 is 5.32 Å². The highest BCUT2D eigenvalue weighted by Crippen LogP contribution is 2.32. The lowest BCUT2D eigenvalue weighted by Gasteiger charge is -2.31. The van der Waals surface area contributed by atoms with E-state index in [9.17, 15) is 0 Å². The molecular weight excluding hydrogens is 210 g/mol. The summed E-state index contributed by atoms with van der Waals surface area (Å²) in [6.45, 7) is 6.51. The Hall–Kier alpha value is -0.830. The Kier molecular flexibility index (Phi) is 4.60.